The Labute approximate surface area is 112 Å². The van der Waals surface area contributed by atoms with Gasteiger partial charge in [0, 0.05) is 18.0 Å². The average Bonchev–Trinajstić information content (AvgIpc) is 2.78. The standard InChI is InChI=1S/C13H21N5O/c1-4-6-14-9(3)10(5-2)11-7-12-16-17-13(19)18(12)8-15-11/h7-10,14H,4-6H2,1-3H3,(H,17,19). The van der Waals surface area contributed by atoms with Gasteiger partial charge in [-0.15, -0.1) is 0 Å². The number of nitrogens with one attached hydrogen (secondary N) is 2. The third-order valence-corrected chi connectivity index (χ3v) is 3.47. The molecule has 2 aromatic heterocycles. The highest BCUT2D eigenvalue weighted by atomic mass is 16.1. The van der Waals surface area contributed by atoms with Crippen molar-refractivity contribution in [3.63, 3.8) is 0 Å². The van der Waals surface area contributed by atoms with Crippen LogP contribution in [-0.2, 0) is 0 Å². The summed E-state index contributed by atoms with van der Waals surface area (Å²) in [6, 6.07) is 2.24. The second-order valence-corrected chi connectivity index (χ2v) is 4.83. The summed E-state index contributed by atoms with van der Waals surface area (Å²) in [7, 11) is 0. The Morgan fingerprint density at radius 2 is 2.26 bits per heavy atom. The predicted octanol–water partition coefficient (Wildman–Crippen LogP) is 1.30. The van der Waals surface area contributed by atoms with Crippen LogP contribution >= 0.6 is 0 Å². The molecule has 0 aliphatic rings. The molecule has 0 aliphatic heterocycles. The lowest BCUT2D eigenvalue weighted by atomic mass is 9.94. The van der Waals surface area contributed by atoms with Gasteiger partial charge in [-0.2, -0.15) is 5.10 Å². The maximum Gasteiger partial charge on any atom is 0.348 e. The fourth-order valence-electron chi connectivity index (χ4n) is 2.36. The normalized spacial score (nSPS) is 14.7. The Morgan fingerprint density at radius 1 is 1.47 bits per heavy atom. The molecule has 0 bridgehead atoms. The van der Waals surface area contributed by atoms with E-state index in [2.05, 4.69) is 41.3 Å². The highest BCUT2D eigenvalue weighted by Crippen LogP contribution is 2.21. The molecule has 0 aromatic carbocycles. The molecule has 6 nitrogen and oxygen atoms in total. The van der Waals surface area contributed by atoms with Crippen LogP contribution in [0.5, 0.6) is 0 Å². The van der Waals surface area contributed by atoms with E-state index >= 15 is 0 Å². The summed E-state index contributed by atoms with van der Waals surface area (Å²) < 4.78 is 1.42. The first-order valence-corrected chi connectivity index (χ1v) is 6.83. The van der Waals surface area contributed by atoms with E-state index in [4.69, 9.17) is 0 Å². The van der Waals surface area contributed by atoms with Crippen molar-refractivity contribution in [1.82, 2.24) is 24.9 Å². The van der Waals surface area contributed by atoms with E-state index in [9.17, 15) is 4.79 Å². The molecule has 2 atom stereocenters. The lowest BCUT2D eigenvalue weighted by Gasteiger charge is -2.23. The van der Waals surface area contributed by atoms with Crippen LogP contribution in [0.1, 0.15) is 45.2 Å². The molecule has 2 aromatic rings. The van der Waals surface area contributed by atoms with Gasteiger partial charge in [-0.1, -0.05) is 13.8 Å². The molecule has 2 unspecified atom stereocenters. The fraction of sp³-hybridized carbons (Fsp3) is 0.615. The zero-order chi connectivity index (χ0) is 13.8. The van der Waals surface area contributed by atoms with Crippen molar-refractivity contribution in [1.29, 1.82) is 0 Å². The minimum absolute atomic E-state index is 0.251. The molecule has 0 aliphatic carbocycles. The van der Waals surface area contributed by atoms with Crippen LogP contribution in [0.25, 0.3) is 5.65 Å². The van der Waals surface area contributed by atoms with E-state index in [1.807, 2.05) is 6.07 Å². The maximum atomic E-state index is 11.4. The van der Waals surface area contributed by atoms with Crippen LogP contribution < -0.4 is 11.0 Å². The van der Waals surface area contributed by atoms with E-state index in [1.165, 1.54) is 4.40 Å². The third kappa shape index (κ3) is 2.84. The van der Waals surface area contributed by atoms with E-state index in [1.54, 1.807) is 6.33 Å². The van der Waals surface area contributed by atoms with Crippen molar-refractivity contribution in [2.45, 2.75) is 45.6 Å². The van der Waals surface area contributed by atoms with Gasteiger partial charge < -0.3 is 5.32 Å². The lowest BCUT2D eigenvalue weighted by Crippen LogP contribution is -2.33. The Hall–Kier alpha value is -1.69. The first kappa shape index (κ1) is 13.7. The quantitative estimate of drug-likeness (QED) is 0.823. The van der Waals surface area contributed by atoms with Gasteiger partial charge in [0.15, 0.2) is 5.65 Å². The Morgan fingerprint density at radius 3 is 2.95 bits per heavy atom. The largest absolute Gasteiger partial charge is 0.348 e. The molecule has 0 saturated heterocycles. The van der Waals surface area contributed by atoms with Gasteiger partial charge in [-0.05, 0) is 26.3 Å². The molecule has 2 N–H and O–H groups in total. The van der Waals surface area contributed by atoms with Crippen LogP contribution in [-0.4, -0.2) is 32.2 Å². The Balaban J connectivity index is 2.27. The SMILES string of the molecule is CCCNC(C)C(CC)c1cc2n[nH]c(=O)n2cn1. The number of aromatic nitrogens is 4. The molecule has 2 rings (SSSR count). The molecule has 0 fully saturated rings. The minimum atomic E-state index is -0.251. The monoisotopic (exact) mass is 263 g/mol. The molecule has 6 heteroatoms. The van der Waals surface area contributed by atoms with Crippen LogP contribution in [0, 0.1) is 0 Å². The zero-order valence-corrected chi connectivity index (χ0v) is 11.7. The highest BCUT2D eigenvalue weighted by Gasteiger charge is 2.19. The van der Waals surface area contributed by atoms with Crippen molar-refractivity contribution in [3.8, 4) is 0 Å². The van der Waals surface area contributed by atoms with Gasteiger partial charge in [0.25, 0.3) is 0 Å². The fourth-order valence-corrected chi connectivity index (χ4v) is 2.36. The van der Waals surface area contributed by atoms with Crippen LogP contribution in [0.4, 0.5) is 0 Å². The number of hydrogen-bond donors (Lipinski definition) is 2. The molecule has 19 heavy (non-hydrogen) atoms. The Bertz CT molecular complexity index is 588. The van der Waals surface area contributed by atoms with Crippen molar-refractivity contribution in [3.05, 3.63) is 28.6 Å². The second kappa shape index (κ2) is 5.97. The minimum Gasteiger partial charge on any atom is -0.314 e. The van der Waals surface area contributed by atoms with Gasteiger partial charge in [0.05, 0.1) is 5.69 Å². The van der Waals surface area contributed by atoms with E-state index in [-0.39, 0.29) is 5.69 Å². The lowest BCUT2D eigenvalue weighted by molar-refractivity contribution is 0.442. The first-order chi connectivity index (χ1) is 9.17. The summed E-state index contributed by atoms with van der Waals surface area (Å²) in [5.41, 5.74) is 1.35. The number of aromatic amines is 1. The second-order valence-electron chi connectivity index (χ2n) is 4.83. The Kier molecular flexibility index (Phi) is 4.31. The van der Waals surface area contributed by atoms with Gasteiger partial charge in [-0.3, -0.25) is 0 Å². The first-order valence-electron chi connectivity index (χ1n) is 6.83. The molecule has 0 amide bonds. The summed E-state index contributed by atoms with van der Waals surface area (Å²) in [4.78, 5) is 15.8. The molecule has 104 valence electrons. The number of fused-ring (bicyclic) bond motifs is 1. The average molecular weight is 263 g/mol. The number of nitrogens with zero attached hydrogens (tertiary/aromatic N) is 3. The molecule has 0 spiro atoms. The van der Waals surface area contributed by atoms with Crippen LogP contribution in [0.2, 0.25) is 0 Å². The van der Waals surface area contributed by atoms with Gasteiger partial charge in [-0.25, -0.2) is 19.3 Å². The maximum absolute atomic E-state index is 11.4. The smallest absolute Gasteiger partial charge is 0.314 e. The molecule has 0 radical (unpaired) electrons. The van der Waals surface area contributed by atoms with E-state index < -0.39 is 0 Å². The van der Waals surface area contributed by atoms with Crippen molar-refractivity contribution in [2.75, 3.05) is 6.54 Å². The predicted molar refractivity (Wildman–Crippen MR) is 74.4 cm³/mol. The third-order valence-electron chi connectivity index (χ3n) is 3.47. The van der Waals surface area contributed by atoms with Gasteiger partial charge in [0.1, 0.15) is 6.33 Å². The van der Waals surface area contributed by atoms with Crippen LogP contribution in [0.3, 0.4) is 0 Å². The highest BCUT2D eigenvalue weighted by molar-refractivity contribution is 5.38. The number of hydrogen-bond acceptors (Lipinski definition) is 4. The van der Waals surface area contributed by atoms with Crippen molar-refractivity contribution < 1.29 is 0 Å². The number of rotatable bonds is 6. The van der Waals surface area contributed by atoms with Crippen molar-refractivity contribution in [2.24, 2.45) is 0 Å². The van der Waals surface area contributed by atoms with E-state index in [0.717, 1.165) is 25.1 Å². The molecule has 0 saturated carbocycles. The van der Waals surface area contributed by atoms with Gasteiger partial charge in [0.2, 0.25) is 0 Å². The topological polar surface area (TPSA) is 75.1 Å². The molecule has 2 heterocycles. The van der Waals surface area contributed by atoms with Crippen molar-refractivity contribution >= 4 is 5.65 Å². The summed E-state index contributed by atoms with van der Waals surface area (Å²) in [6.45, 7) is 7.48. The van der Waals surface area contributed by atoms with E-state index in [0.29, 0.717) is 17.6 Å². The summed E-state index contributed by atoms with van der Waals surface area (Å²) in [6.07, 6.45) is 3.66. The zero-order valence-electron chi connectivity index (χ0n) is 11.7. The molecular formula is C13H21N5O. The molecular weight excluding hydrogens is 242 g/mol. The summed E-state index contributed by atoms with van der Waals surface area (Å²) in [5, 5.41) is 9.91. The number of H-pyrrole nitrogens is 1. The summed E-state index contributed by atoms with van der Waals surface area (Å²) >= 11 is 0. The van der Waals surface area contributed by atoms with Gasteiger partial charge >= 0.3 is 5.69 Å². The summed E-state index contributed by atoms with van der Waals surface area (Å²) in [5.74, 6) is 0.323. The van der Waals surface area contributed by atoms with Crippen LogP contribution in [0.15, 0.2) is 17.2 Å².